The number of rotatable bonds is 12. The molecule has 0 radical (unpaired) electrons. The van der Waals surface area contributed by atoms with E-state index in [9.17, 15) is 36.0 Å². The number of amides is 4. The van der Waals surface area contributed by atoms with E-state index >= 15 is 0 Å². The van der Waals surface area contributed by atoms with Crippen LogP contribution in [0.1, 0.15) is 116 Å². The Bertz CT molecular complexity index is 1960. The van der Waals surface area contributed by atoms with E-state index in [-0.39, 0.29) is 59.0 Å². The largest absolute Gasteiger partial charge is 0.361 e. The first-order chi connectivity index (χ1) is 29.7. The van der Waals surface area contributed by atoms with Crippen molar-refractivity contribution in [3.8, 4) is 0 Å². The van der Waals surface area contributed by atoms with Crippen LogP contribution in [0, 0.1) is 35.5 Å². The summed E-state index contributed by atoms with van der Waals surface area (Å²) in [7, 11) is -7.93. The number of urea groups is 2. The second-order valence-corrected chi connectivity index (χ2v) is 22.0. The van der Waals surface area contributed by atoms with Crippen LogP contribution in [0.15, 0.2) is 24.3 Å². The molecule has 0 aromatic carbocycles. The maximum absolute atomic E-state index is 13.4. The minimum Gasteiger partial charge on any atom is -0.361 e. The lowest BCUT2D eigenvalue weighted by Crippen LogP contribution is -2.48. The molecule has 0 aromatic heterocycles. The van der Waals surface area contributed by atoms with Gasteiger partial charge in [-0.25, -0.2) is 9.59 Å². The second-order valence-electron chi connectivity index (χ2n) is 18.5. The fraction of sp³-hybridized carbons (Fsp3) is 0.762. The van der Waals surface area contributed by atoms with Crippen LogP contribution in [0.25, 0.3) is 11.1 Å². The topological polar surface area (TPSA) is 276 Å². The molecular formula is C42H60N8O10S2. The highest BCUT2D eigenvalue weighted by Crippen LogP contribution is 2.41. The van der Waals surface area contributed by atoms with Crippen molar-refractivity contribution in [1.29, 1.82) is 0 Å². The van der Waals surface area contributed by atoms with Gasteiger partial charge in [0.15, 0.2) is 0 Å². The highest BCUT2D eigenvalue weighted by Gasteiger charge is 2.50. The van der Waals surface area contributed by atoms with E-state index in [4.69, 9.17) is 19.4 Å². The zero-order chi connectivity index (χ0) is 44.0. The summed E-state index contributed by atoms with van der Waals surface area (Å²) in [5, 5.41) is 10.4. The predicted molar refractivity (Wildman–Crippen MR) is 225 cm³/mol. The summed E-state index contributed by atoms with van der Waals surface area (Å²) in [6.07, 6.45) is 16.1. The number of fused-ring (bicyclic) bond motifs is 2. The smallest absolute Gasteiger partial charge is 0.357 e. The third kappa shape index (κ3) is 11.0. The van der Waals surface area contributed by atoms with Crippen molar-refractivity contribution in [1.82, 2.24) is 21.3 Å². The van der Waals surface area contributed by atoms with Gasteiger partial charge in [0.2, 0.25) is 11.6 Å². The van der Waals surface area contributed by atoms with Crippen LogP contribution in [-0.2, 0) is 38.2 Å². The summed E-state index contributed by atoms with van der Waals surface area (Å²) in [6.45, 7) is 1.02. The first-order valence-corrected chi connectivity index (χ1v) is 25.5. The third-order valence-electron chi connectivity index (χ3n) is 14.4. The lowest BCUT2D eigenvalue weighted by atomic mass is 9.72. The van der Waals surface area contributed by atoms with Crippen LogP contribution < -0.4 is 21.3 Å². The molecule has 8 unspecified atom stereocenters. The molecule has 0 saturated heterocycles. The van der Waals surface area contributed by atoms with Crippen molar-refractivity contribution in [2.45, 2.75) is 150 Å². The standard InChI is InChI=1S/C42H60N8O10S2/c43-49-35-20-18-31-33(39(35)51)6-2-8-37(31)61(55,56)59-29-14-10-27(11-15-29)47-41(53)45-23-25-4-1-5-26(22-25)24-46-42(54)48-28-12-16-30(17-13-28)60-62(57,58)38-9-3-7-34-32(38)19-21-36(50-44)40(34)52/h18-21,25-34,37-38H,1-17,22-24H2,(H2,45,47,53)(H2,46,48,54). The van der Waals surface area contributed by atoms with Crippen LogP contribution in [0.5, 0.6) is 0 Å². The number of nitrogens with one attached hydrogen (secondary N) is 4. The number of ketones is 2. The normalized spacial score (nSPS) is 35.1. The van der Waals surface area contributed by atoms with E-state index in [0.29, 0.717) is 103 Å². The van der Waals surface area contributed by atoms with Crippen molar-refractivity contribution in [2.24, 2.45) is 35.5 Å². The van der Waals surface area contributed by atoms with Crippen LogP contribution in [0.4, 0.5) is 9.59 Å². The van der Waals surface area contributed by atoms with Crippen LogP contribution >= 0.6 is 0 Å². The number of Topliss-reactive ketones (excluding diaryl/α,β-unsaturated/α-hetero) is 2. The molecule has 8 atom stereocenters. The fourth-order valence-electron chi connectivity index (χ4n) is 11.1. The van der Waals surface area contributed by atoms with Gasteiger partial charge in [-0.15, -0.1) is 0 Å². The number of hydrogen-bond acceptors (Lipinski definition) is 10. The minimum absolute atomic E-state index is 0.0541. The maximum Gasteiger partial charge on any atom is 0.357 e. The molecule has 5 saturated carbocycles. The number of nitrogens with zero attached hydrogens (tertiary/aromatic N) is 4. The van der Waals surface area contributed by atoms with Crippen LogP contribution in [0.3, 0.4) is 0 Å². The number of carbonyl (C=O) groups is 4. The highest BCUT2D eigenvalue weighted by molar-refractivity contribution is 7.87. The summed E-state index contributed by atoms with van der Waals surface area (Å²) < 4.78 is 65.0. The molecule has 340 valence electrons. The van der Waals surface area contributed by atoms with E-state index < -0.39 is 66.6 Å². The lowest BCUT2D eigenvalue weighted by Gasteiger charge is -2.37. The molecule has 4 N–H and O–H groups in total. The van der Waals surface area contributed by atoms with Gasteiger partial charge in [0, 0.05) is 61.0 Å². The molecule has 4 amide bonds. The van der Waals surface area contributed by atoms with Gasteiger partial charge in [-0.2, -0.15) is 26.4 Å². The molecular weight excluding hydrogens is 841 g/mol. The Labute approximate surface area is 363 Å². The Morgan fingerprint density at radius 3 is 1.35 bits per heavy atom. The van der Waals surface area contributed by atoms with Gasteiger partial charge >= 0.3 is 23.5 Å². The van der Waals surface area contributed by atoms with Gasteiger partial charge in [0.1, 0.15) is 0 Å². The lowest BCUT2D eigenvalue weighted by molar-refractivity contribution is -0.123. The molecule has 0 aliphatic heterocycles. The summed E-state index contributed by atoms with van der Waals surface area (Å²) in [4.78, 5) is 57.2. The number of allylic oxidation sites excluding steroid dienone is 4. The maximum atomic E-state index is 13.4. The highest BCUT2D eigenvalue weighted by atomic mass is 32.2. The zero-order valence-corrected chi connectivity index (χ0v) is 36.7. The molecule has 7 aliphatic carbocycles. The van der Waals surface area contributed by atoms with Crippen molar-refractivity contribution in [2.75, 3.05) is 13.1 Å². The minimum atomic E-state index is -3.97. The van der Waals surface area contributed by atoms with Gasteiger partial charge < -0.3 is 32.3 Å². The molecule has 0 aromatic rings. The van der Waals surface area contributed by atoms with Crippen molar-refractivity contribution in [3.63, 3.8) is 0 Å². The Morgan fingerprint density at radius 1 is 0.581 bits per heavy atom. The van der Waals surface area contributed by atoms with Gasteiger partial charge in [-0.1, -0.05) is 31.4 Å². The van der Waals surface area contributed by atoms with Crippen LogP contribution in [0.2, 0.25) is 0 Å². The first-order valence-electron chi connectivity index (χ1n) is 22.6. The monoisotopic (exact) mass is 900 g/mol. The molecule has 0 bridgehead atoms. The van der Waals surface area contributed by atoms with Gasteiger partial charge in [0.25, 0.3) is 20.2 Å². The van der Waals surface area contributed by atoms with E-state index in [2.05, 4.69) is 30.8 Å². The van der Waals surface area contributed by atoms with Gasteiger partial charge in [-0.3, -0.25) is 18.0 Å². The van der Waals surface area contributed by atoms with Crippen molar-refractivity contribution >= 4 is 55.3 Å². The predicted octanol–water partition coefficient (Wildman–Crippen LogP) is 3.90. The Morgan fingerprint density at radius 2 is 0.968 bits per heavy atom. The van der Waals surface area contributed by atoms with Crippen molar-refractivity contribution in [3.05, 3.63) is 35.4 Å². The van der Waals surface area contributed by atoms with Gasteiger partial charge in [0.05, 0.1) is 22.7 Å². The Kier molecular flexibility index (Phi) is 15.0. The van der Waals surface area contributed by atoms with E-state index in [1.807, 2.05) is 0 Å². The summed E-state index contributed by atoms with van der Waals surface area (Å²) >= 11 is 0. The molecule has 18 nitrogen and oxygen atoms in total. The molecule has 62 heavy (non-hydrogen) atoms. The SMILES string of the molecule is [N-]=[N+]=C1C=CC2C(CCCC2S(=O)(=O)OC2CCC(NC(=O)NCC3CCCC(CNC(=O)NC4CCC(OS(=O)(=O)C5CCCC6C(=O)C(=[N+]=[N-])C=CC65)CC4)C3)CC2)C1=O. The first kappa shape index (κ1) is 45.9. The van der Waals surface area contributed by atoms with Crippen LogP contribution in [-0.4, -0.2) is 109 Å². The fourth-order valence-corrected chi connectivity index (χ4v) is 14.8. The zero-order valence-electron chi connectivity index (χ0n) is 35.1. The van der Waals surface area contributed by atoms with E-state index in [1.165, 1.54) is 12.2 Å². The van der Waals surface area contributed by atoms with E-state index in [0.717, 1.165) is 25.7 Å². The Hall–Kier alpha value is -4.06. The second kappa shape index (κ2) is 20.2. The summed E-state index contributed by atoms with van der Waals surface area (Å²) in [5.41, 5.74) is 18.1. The molecule has 5 fully saturated rings. The third-order valence-corrected chi connectivity index (χ3v) is 18.1. The number of carbonyl (C=O) groups excluding carboxylic acids is 4. The average molecular weight is 901 g/mol. The van der Waals surface area contributed by atoms with Gasteiger partial charge in [-0.05, 0) is 108 Å². The summed E-state index contributed by atoms with van der Waals surface area (Å²) in [6, 6.07) is -0.751. The average Bonchev–Trinajstić information content (AvgIpc) is 3.26. The number of hydrogen-bond donors (Lipinski definition) is 4. The molecule has 20 heteroatoms. The molecule has 7 rings (SSSR count). The molecule has 0 spiro atoms. The summed E-state index contributed by atoms with van der Waals surface area (Å²) in [5.74, 6) is -2.26. The van der Waals surface area contributed by atoms with Crippen molar-refractivity contribution < 1.29 is 54.0 Å². The quantitative estimate of drug-likeness (QED) is 0.125. The molecule has 0 heterocycles. The van der Waals surface area contributed by atoms with E-state index in [1.54, 1.807) is 12.2 Å². The Balaban J connectivity index is 0.761. The molecule has 7 aliphatic rings.